The van der Waals surface area contributed by atoms with Gasteiger partial charge in [0.1, 0.15) is 0 Å². The van der Waals surface area contributed by atoms with Crippen molar-refractivity contribution in [2.75, 3.05) is 39.4 Å². The molecule has 2 heterocycles. The first-order valence-corrected chi connectivity index (χ1v) is 8.12. The average molecular weight is 269 g/mol. The molecule has 0 radical (unpaired) electrons. The lowest BCUT2D eigenvalue weighted by Gasteiger charge is -2.36. The summed E-state index contributed by atoms with van der Waals surface area (Å²) in [6, 6.07) is 0. The summed E-state index contributed by atoms with van der Waals surface area (Å²) in [5.74, 6) is 0. The van der Waals surface area contributed by atoms with E-state index in [1.165, 1.54) is 45.3 Å². The minimum absolute atomic E-state index is 0.481. The van der Waals surface area contributed by atoms with Gasteiger partial charge in [-0.2, -0.15) is 0 Å². The van der Waals surface area contributed by atoms with Crippen molar-refractivity contribution in [2.24, 2.45) is 5.73 Å². The van der Waals surface area contributed by atoms with Gasteiger partial charge in [-0.3, -0.25) is 4.90 Å². The highest BCUT2D eigenvalue weighted by Crippen LogP contribution is 2.20. The van der Waals surface area contributed by atoms with E-state index in [0.717, 1.165) is 25.9 Å². The van der Waals surface area contributed by atoms with E-state index in [1.54, 1.807) is 0 Å². The Labute approximate surface area is 118 Å². The first-order chi connectivity index (χ1) is 9.31. The zero-order valence-corrected chi connectivity index (χ0v) is 12.5. The molecule has 4 heteroatoms. The highest BCUT2D eigenvalue weighted by Gasteiger charge is 2.25. The van der Waals surface area contributed by atoms with Crippen LogP contribution < -0.4 is 5.73 Å². The minimum Gasteiger partial charge on any atom is -0.375 e. The molecule has 0 bridgehead atoms. The van der Waals surface area contributed by atoms with Gasteiger partial charge in [-0.15, -0.1) is 0 Å². The van der Waals surface area contributed by atoms with E-state index in [1.807, 2.05) is 0 Å². The van der Waals surface area contributed by atoms with Crippen LogP contribution in [0.3, 0.4) is 0 Å². The zero-order valence-electron chi connectivity index (χ0n) is 12.5. The van der Waals surface area contributed by atoms with Crippen molar-refractivity contribution < 1.29 is 4.74 Å². The van der Waals surface area contributed by atoms with Crippen molar-refractivity contribution in [1.82, 2.24) is 9.80 Å². The second-order valence-corrected chi connectivity index (χ2v) is 6.03. The second-order valence-electron chi connectivity index (χ2n) is 6.03. The molecule has 0 amide bonds. The molecule has 0 aromatic heterocycles. The molecule has 0 spiro atoms. The lowest BCUT2D eigenvalue weighted by molar-refractivity contribution is -0.0647. The molecule has 2 fully saturated rings. The number of nitrogens with zero attached hydrogens (tertiary/aromatic N) is 2. The summed E-state index contributed by atoms with van der Waals surface area (Å²) in [6.07, 6.45) is 8.39. The Morgan fingerprint density at radius 2 is 1.47 bits per heavy atom. The average Bonchev–Trinajstić information content (AvgIpc) is 2.47. The number of unbranched alkanes of at least 4 members (excludes halogenated alkanes) is 1. The topological polar surface area (TPSA) is 41.7 Å². The maximum Gasteiger partial charge on any atom is 0.0603 e. The highest BCUT2D eigenvalue weighted by molar-refractivity contribution is 4.77. The van der Waals surface area contributed by atoms with E-state index < -0.39 is 0 Å². The van der Waals surface area contributed by atoms with Crippen molar-refractivity contribution in [2.45, 2.75) is 57.7 Å². The normalized spacial score (nSPS) is 24.9. The van der Waals surface area contributed by atoms with Crippen LogP contribution in [0.4, 0.5) is 0 Å². The summed E-state index contributed by atoms with van der Waals surface area (Å²) in [5.41, 5.74) is 5.67. The Morgan fingerprint density at radius 1 is 0.947 bits per heavy atom. The van der Waals surface area contributed by atoms with Crippen LogP contribution in [0.15, 0.2) is 0 Å². The van der Waals surface area contributed by atoms with Crippen LogP contribution in [0.25, 0.3) is 0 Å². The zero-order chi connectivity index (χ0) is 13.5. The molecule has 0 saturated carbocycles. The molecular formula is C15H31N3O. The molecule has 2 aliphatic rings. The van der Waals surface area contributed by atoms with E-state index in [-0.39, 0.29) is 0 Å². The number of hydrogen-bond donors (Lipinski definition) is 1. The summed E-state index contributed by atoms with van der Waals surface area (Å²) < 4.78 is 6.28. The molecule has 0 aromatic carbocycles. The number of nitrogens with two attached hydrogens (primary N) is 1. The van der Waals surface area contributed by atoms with E-state index in [9.17, 15) is 0 Å². The van der Waals surface area contributed by atoms with Crippen LogP contribution in [-0.4, -0.2) is 61.4 Å². The van der Waals surface area contributed by atoms with Gasteiger partial charge in [0.25, 0.3) is 0 Å². The number of ether oxygens (including phenoxy) is 1. The molecule has 2 aliphatic heterocycles. The monoisotopic (exact) mass is 269 g/mol. The summed E-state index contributed by atoms with van der Waals surface area (Å²) in [5, 5.41) is 0. The summed E-state index contributed by atoms with van der Waals surface area (Å²) in [4.78, 5) is 4.91. The van der Waals surface area contributed by atoms with Crippen LogP contribution >= 0.6 is 0 Å². The van der Waals surface area contributed by atoms with E-state index in [4.69, 9.17) is 10.5 Å². The van der Waals surface area contributed by atoms with Gasteiger partial charge < -0.3 is 15.4 Å². The Kier molecular flexibility index (Phi) is 6.57. The molecular weight excluding hydrogens is 238 g/mol. The van der Waals surface area contributed by atoms with Gasteiger partial charge in [-0.1, -0.05) is 13.3 Å². The molecule has 0 atom stereocenters. The lowest BCUT2D eigenvalue weighted by Crippen LogP contribution is -2.43. The molecule has 2 rings (SSSR count). The van der Waals surface area contributed by atoms with Gasteiger partial charge in [0.2, 0.25) is 0 Å². The van der Waals surface area contributed by atoms with E-state index in [0.29, 0.717) is 18.9 Å². The van der Waals surface area contributed by atoms with Gasteiger partial charge >= 0.3 is 0 Å². The van der Waals surface area contributed by atoms with Gasteiger partial charge in [0.15, 0.2) is 0 Å². The molecule has 112 valence electrons. The summed E-state index contributed by atoms with van der Waals surface area (Å²) in [7, 11) is 0. The first kappa shape index (κ1) is 15.2. The second kappa shape index (κ2) is 8.20. The Morgan fingerprint density at radius 3 is 1.95 bits per heavy atom. The summed E-state index contributed by atoms with van der Waals surface area (Å²) >= 11 is 0. The fourth-order valence-electron chi connectivity index (χ4n) is 3.15. The molecule has 4 nitrogen and oxygen atoms in total. The number of hydrogen-bond acceptors (Lipinski definition) is 4. The Balaban J connectivity index is 1.60. The molecule has 2 N–H and O–H groups in total. The number of rotatable bonds is 6. The maximum absolute atomic E-state index is 6.28. The largest absolute Gasteiger partial charge is 0.375 e. The standard InChI is InChI=1S/C15H31N3O/c1-2-3-8-17-9-4-14(5-10-17)19-15-6-11-18(13-16)12-7-15/h14-15H,2-13,16H2,1H3. The van der Waals surface area contributed by atoms with Crippen molar-refractivity contribution >= 4 is 0 Å². The number of piperidine rings is 2. The van der Waals surface area contributed by atoms with Crippen molar-refractivity contribution in [1.29, 1.82) is 0 Å². The molecule has 19 heavy (non-hydrogen) atoms. The van der Waals surface area contributed by atoms with Crippen molar-refractivity contribution in [3.05, 3.63) is 0 Å². The third kappa shape index (κ3) is 5.03. The van der Waals surface area contributed by atoms with Crippen LogP contribution in [-0.2, 0) is 4.74 Å². The fraction of sp³-hybridized carbons (Fsp3) is 1.00. The van der Waals surface area contributed by atoms with Gasteiger partial charge in [0.05, 0.1) is 12.2 Å². The minimum atomic E-state index is 0.481. The fourth-order valence-corrected chi connectivity index (χ4v) is 3.15. The molecule has 0 aromatic rings. The Hall–Kier alpha value is -0.160. The van der Waals surface area contributed by atoms with E-state index >= 15 is 0 Å². The molecule has 0 aliphatic carbocycles. The molecule has 2 saturated heterocycles. The smallest absolute Gasteiger partial charge is 0.0603 e. The van der Waals surface area contributed by atoms with E-state index in [2.05, 4.69) is 16.7 Å². The van der Waals surface area contributed by atoms with Gasteiger partial charge in [-0.05, 0) is 38.6 Å². The third-order valence-electron chi connectivity index (χ3n) is 4.54. The number of likely N-dealkylation sites (tertiary alicyclic amines) is 2. The van der Waals surface area contributed by atoms with Gasteiger partial charge in [-0.25, -0.2) is 0 Å². The third-order valence-corrected chi connectivity index (χ3v) is 4.54. The Bertz CT molecular complexity index is 234. The first-order valence-electron chi connectivity index (χ1n) is 8.12. The molecule has 0 unspecified atom stereocenters. The van der Waals surface area contributed by atoms with Crippen LogP contribution in [0, 0.1) is 0 Å². The van der Waals surface area contributed by atoms with Crippen molar-refractivity contribution in [3.8, 4) is 0 Å². The lowest BCUT2D eigenvalue weighted by atomic mass is 10.0. The highest BCUT2D eigenvalue weighted by atomic mass is 16.5. The summed E-state index contributed by atoms with van der Waals surface area (Å²) in [6.45, 7) is 8.91. The predicted octanol–water partition coefficient (Wildman–Crippen LogP) is 1.65. The van der Waals surface area contributed by atoms with Crippen molar-refractivity contribution in [3.63, 3.8) is 0 Å². The SMILES string of the molecule is CCCCN1CCC(OC2CCN(CN)CC2)CC1. The maximum atomic E-state index is 6.28. The van der Waals surface area contributed by atoms with Crippen LogP contribution in [0.1, 0.15) is 45.4 Å². The quantitative estimate of drug-likeness (QED) is 0.796. The van der Waals surface area contributed by atoms with Crippen LogP contribution in [0.2, 0.25) is 0 Å². The van der Waals surface area contributed by atoms with Gasteiger partial charge in [0, 0.05) is 32.8 Å². The van der Waals surface area contributed by atoms with Crippen LogP contribution in [0.5, 0.6) is 0 Å². The predicted molar refractivity (Wildman–Crippen MR) is 79.1 cm³/mol.